The lowest BCUT2D eigenvalue weighted by Crippen LogP contribution is -2.49. The zero-order valence-corrected chi connectivity index (χ0v) is 30.6. The number of rotatable bonds is 6. The second-order valence-electron chi connectivity index (χ2n) is 13.4. The summed E-state index contributed by atoms with van der Waals surface area (Å²) in [5, 5.41) is 0. The molecular weight excluding hydrogens is 825 g/mol. The Balaban J connectivity index is 1.48. The van der Waals surface area contributed by atoms with Crippen LogP contribution in [0.2, 0.25) is 0 Å². The van der Waals surface area contributed by atoms with Gasteiger partial charge in [0.2, 0.25) is 19.7 Å². The van der Waals surface area contributed by atoms with Crippen LogP contribution in [0.3, 0.4) is 0 Å². The highest BCUT2D eigenvalue weighted by atomic mass is 32.2. The number of benzene rings is 4. The van der Waals surface area contributed by atoms with Gasteiger partial charge in [-0.25, -0.2) is 16.8 Å². The monoisotopic (exact) mass is 848 g/mol. The first-order valence-electron chi connectivity index (χ1n) is 16.7. The molecule has 0 unspecified atom stereocenters. The fourth-order valence-electron chi connectivity index (χ4n) is 7.47. The van der Waals surface area contributed by atoms with E-state index in [0.717, 1.165) is 74.5 Å². The van der Waals surface area contributed by atoms with Crippen LogP contribution in [0, 0.1) is 0 Å². The van der Waals surface area contributed by atoms with E-state index in [1.54, 1.807) is 0 Å². The molecule has 0 bridgehead atoms. The van der Waals surface area contributed by atoms with Crippen LogP contribution in [-0.4, -0.2) is 34.6 Å². The van der Waals surface area contributed by atoms with Crippen LogP contribution in [0.1, 0.15) is 48.9 Å². The van der Waals surface area contributed by atoms with Crippen molar-refractivity contribution in [2.45, 2.75) is 66.6 Å². The average molecular weight is 849 g/mol. The summed E-state index contributed by atoms with van der Waals surface area (Å²) in [5.74, 6) is -17.9. The lowest BCUT2D eigenvalue weighted by molar-refractivity contribution is -0.263. The summed E-state index contributed by atoms with van der Waals surface area (Å²) in [6, 6.07) is 12.4. The molecule has 2 heterocycles. The Morgan fingerprint density at radius 1 is 0.474 bits per heavy atom. The Morgan fingerprint density at radius 2 is 0.772 bits per heavy atom. The molecule has 0 atom stereocenters. The van der Waals surface area contributed by atoms with E-state index in [0.29, 0.717) is 24.3 Å². The van der Waals surface area contributed by atoms with E-state index in [9.17, 15) is 43.2 Å². The fraction of sp³-hybridized carbons (Fsp3) is 0.231. The molecule has 7 rings (SSSR count). The van der Waals surface area contributed by atoms with Gasteiger partial charge in [-0.1, -0.05) is 62.4 Å². The van der Waals surface area contributed by atoms with Crippen molar-refractivity contribution >= 4 is 30.8 Å². The van der Waals surface area contributed by atoms with Crippen LogP contribution in [0.5, 0.6) is 0 Å². The number of hydrogen-bond donors (Lipinski definition) is 0. The van der Waals surface area contributed by atoms with E-state index in [1.165, 1.54) is 0 Å². The van der Waals surface area contributed by atoms with E-state index in [-0.39, 0.29) is 22.3 Å². The molecule has 4 aromatic carbocycles. The zero-order chi connectivity index (χ0) is 42.1. The molecular formula is C39H24F12O4S2. The van der Waals surface area contributed by atoms with E-state index < -0.39 is 127 Å². The predicted molar refractivity (Wildman–Crippen MR) is 184 cm³/mol. The Hall–Kier alpha value is -4.84. The van der Waals surface area contributed by atoms with Gasteiger partial charge in [0.25, 0.3) is 0 Å². The molecule has 0 radical (unpaired) electrons. The maximum atomic E-state index is 16.3. The van der Waals surface area contributed by atoms with Crippen molar-refractivity contribution in [2.75, 3.05) is 0 Å². The standard InChI is InChI=1S/C39H24F12O4S2/c1-3-27-31(25-15-9-21(17-29(25)56(27,52)53)19-5-11-23(12-6-19)37(44,45)46)33-34(36(42,43)39(50,51)35(33,40)41)32-26-16-10-22(18-30(26)57(54,55)28(32)4-2)20-7-13-24(14-8-20)38(47,48)49/h5-18H,3-4H2,1-2H3. The third-order valence-corrected chi connectivity index (χ3v) is 14.3. The summed E-state index contributed by atoms with van der Waals surface area (Å²) in [6.07, 6.45) is -10.8. The second kappa shape index (κ2) is 12.6. The van der Waals surface area contributed by atoms with Crippen LogP contribution in [0.25, 0.3) is 33.4 Å². The lowest BCUT2D eigenvalue weighted by Gasteiger charge is -2.26. The highest BCUT2D eigenvalue weighted by molar-refractivity contribution is 7.96. The maximum Gasteiger partial charge on any atom is 0.416 e. The smallest absolute Gasteiger partial charge is 0.219 e. The largest absolute Gasteiger partial charge is 0.416 e. The number of fused-ring (bicyclic) bond motifs is 2. The highest BCUT2D eigenvalue weighted by Crippen LogP contribution is 2.67. The minimum absolute atomic E-state index is 0.0258. The molecule has 2 aliphatic heterocycles. The van der Waals surface area contributed by atoms with E-state index >= 15 is 26.3 Å². The first-order chi connectivity index (χ1) is 26.2. The Kier molecular flexibility index (Phi) is 8.91. The minimum Gasteiger partial charge on any atom is -0.219 e. The predicted octanol–water partition coefficient (Wildman–Crippen LogP) is 11.8. The van der Waals surface area contributed by atoms with Crippen molar-refractivity contribution in [3.05, 3.63) is 128 Å². The summed E-state index contributed by atoms with van der Waals surface area (Å²) in [4.78, 5) is -3.53. The van der Waals surface area contributed by atoms with Gasteiger partial charge in [0.15, 0.2) is 0 Å². The molecule has 300 valence electrons. The number of allylic oxidation sites excluding steroid dienone is 6. The van der Waals surface area contributed by atoms with E-state index in [4.69, 9.17) is 0 Å². The van der Waals surface area contributed by atoms with Crippen LogP contribution in [0.4, 0.5) is 52.7 Å². The van der Waals surface area contributed by atoms with Gasteiger partial charge < -0.3 is 0 Å². The van der Waals surface area contributed by atoms with Crippen molar-refractivity contribution in [1.82, 2.24) is 0 Å². The van der Waals surface area contributed by atoms with E-state index in [2.05, 4.69) is 0 Å². The number of sulfone groups is 2. The molecule has 1 aliphatic carbocycles. The molecule has 0 aromatic heterocycles. The minimum atomic E-state index is -6.25. The molecule has 57 heavy (non-hydrogen) atoms. The van der Waals surface area contributed by atoms with Crippen LogP contribution in [-0.2, 0) is 32.0 Å². The number of hydrogen-bond acceptors (Lipinski definition) is 4. The Morgan fingerprint density at radius 3 is 1.05 bits per heavy atom. The fourth-order valence-corrected chi connectivity index (χ4v) is 11.2. The average Bonchev–Trinajstić information content (AvgIpc) is 3.53. The normalized spacial score (nSPS) is 20.3. The number of alkyl halides is 12. The van der Waals surface area contributed by atoms with Crippen LogP contribution < -0.4 is 0 Å². The van der Waals surface area contributed by atoms with Crippen molar-refractivity contribution in [2.24, 2.45) is 0 Å². The summed E-state index contributed by atoms with van der Waals surface area (Å²) in [6.45, 7) is 2.27. The maximum absolute atomic E-state index is 16.3. The molecule has 4 aromatic rings. The SMILES string of the molecule is CCC1=C(C2=C(C3=C(CC)S(=O)(=O)c4cc(-c5ccc(C(F)(F)F)cc5)ccc43)C(F)(F)C(F)(F)C2(F)F)c2ccc(-c3ccc(C(F)(F)F)cc3)cc2S1(=O)=O. The van der Waals surface area contributed by atoms with Crippen molar-refractivity contribution in [1.29, 1.82) is 0 Å². The third-order valence-electron chi connectivity index (χ3n) is 10.2. The lowest BCUT2D eigenvalue weighted by atomic mass is 9.86. The molecule has 0 saturated carbocycles. The molecule has 0 saturated heterocycles. The first kappa shape index (κ1) is 40.4. The summed E-state index contributed by atoms with van der Waals surface area (Å²) in [5.41, 5.74) is -10.2. The quantitative estimate of drug-likeness (QED) is 0.181. The van der Waals surface area contributed by atoms with Crippen molar-refractivity contribution < 1.29 is 69.5 Å². The van der Waals surface area contributed by atoms with Gasteiger partial charge in [-0.2, -0.15) is 52.7 Å². The van der Waals surface area contributed by atoms with Gasteiger partial charge in [-0.05, 0) is 71.5 Å². The van der Waals surface area contributed by atoms with Gasteiger partial charge in [0.1, 0.15) is 0 Å². The third kappa shape index (κ3) is 5.71. The first-order valence-corrected chi connectivity index (χ1v) is 19.7. The molecule has 18 heteroatoms. The van der Waals surface area contributed by atoms with Crippen LogP contribution in [0.15, 0.2) is 116 Å². The molecule has 0 fully saturated rings. The van der Waals surface area contributed by atoms with E-state index in [1.807, 2.05) is 0 Å². The summed E-state index contributed by atoms with van der Waals surface area (Å²) >= 11 is 0. The van der Waals surface area contributed by atoms with Crippen LogP contribution >= 0.6 is 0 Å². The zero-order valence-electron chi connectivity index (χ0n) is 29.0. The molecule has 0 spiro atoms. The second-order valence-corrected chi connectivity index (χ2v) is 17.2. The van der Waals surface area contributed by atoms with Gasteiger partial charge >= 0.3 is 30.1 Å². The van der Waals surface area contributed by atoms with Gasteiger partial charge in [-0.3, -0.25) is 0 Å². The summed E-state index contributed by atoms with van der Waals surface area (Å²) in [7, 11) is -9.86. The topological polar surface area (TPSA) is 68.3 Å². The summed E-state index contributed by atoms with van der Waals surface area (Å²) < 4.78 is 231. The van der Waals surface area contributed by atoms with Gasteiger partial charge in [0, 0.05) is 33.4 Å². The van der Waals surface area contributed by atoms with Crippen molar-refractivity contribution in [3.8, 4) is 22.3 Å². The van der Waals surface area contributed by atoms with Gasteiger partial charge in [-0.15, -0.1) is 0 Å². The highest BCUT2D eigenvalue weighted by Gasteiger charge is 2.81. The Bertz CT molecular complexity index is 2520. The van der Waals surface area contributed by atoms with Crippen molar-refractivity contribution in [3.63, 3.8) is 0 Å². The molecule has 3 aliphatic rings. The Labute approximate surface area is 316 Å². The molecule has 4 nitrogen and oxygen atoms in total. The van der Waals surface area contributed by atoms with Gasteiger partial charge in [0.05, 0.1) is 30.7 Å². The number of halogens is 12. The molecule has 0 amide bonds. The molecule has 0 N–H and O–H groups in total.